The van der Waals surface area contributed by atoms with Crippen LogP contribution in [0.2, 0.25) is 20.1 Å². The van der Waals surface area contributed by atoms with Crippen molar-refractivity contribution in [2.24, 2.45) is 0 Å². The molecule has 34 heavy (non-hydrogen) atoms. The Kier molecular flexibility index (Phi) is 9.39. The zero-order chi connectivity index (χ0) is 24.7. The molecule has 0 bridgehead atoms. The van der Waals surface area contributed by atoms with Gasteiger partial charge in [-0.1, -0.05) is 88.9 Å². The smallest absolute Gasteiger partial charge is 0.156 e. The Balaban J connectivity index is 2.14. The fourth-order valence-electron chi connectivity index (χ4n) is 3.73. The first-order valence-electron chi connectivity index (χ1n) is 10.8. The molecule has 3 aromatic carbocycles. The highest BCUT2D eigenvalue weighted by atomic mass is 35.5. The van der Waals surface area contributed by atoms with Crippen LogP contribution in [0.25, 0.3) is 0 Å². The molecule has 178 valence electrons. The molecule has 0 heterocycles. The molecular weight excluding hydrogens is 510 g/mol. The molecule has 0 fully saturated rings. The van der Waals surface area contributed by atoms with Gasteiger partial charge in [0.25, 0.3) is 0 Å². The SMILES string of the molecule is C=CCCOc1c(Cl)cc(C(C)(c2ccccc2)c2cc(Cl)c(OCCC=C)c(Cl)c2)cc1Cl. The van der Waals surface area contributed by atoms with Crippen molar-refractivity contribution < 1.29 is 9.47 Å². The quantitative estimate of drug-likeness (QED) is 0.138. The van der Waals surface area contributed by atoms with Crippen molar-refractivity contribution in [2.75, 3.05) is 13.2 Å². The van der Waals surface area contributed by atoms with E-state index in [1.54, 1.807) is 12.2 Å². The molecule has 0 N–H and O–H groups in total. The molecule has 0 amide bonds. The second-order valence-electron chi connectivity index (χ2n) is 7.88. The van der Waals surface area contributed by atoms with Gasteiger partial charge in [0.15, 0.2) is 11.5 Å². The zero-order valence-corrected chi connectivity index (χ0v) is 21.9. The first kappa shape index (κ1) is 26.5. The molecule has 0 aliphatic carbocycles. The van der Waals surface area contributed by atoms with Gasteiger partial charge in [-0.2, -0.15) is 0 Å². The molecule has 0 unspecified atom stereocenters. The van der Waals surface area contributed by atoms with Gasteiger partial charge in [-0.15, -0.1) is 13.2 Å². The minimum atomic E-state index is -0.666. The summed E-state index contributed by atoms with van der Waals surface area (Å²) in [6, 6.07) is 17.5. The Hall–Kier alpha value is -2.10. The molecule has 6 heteroatoms. The van der Waals surface area contributed by atoms with Gasteiger partial charge in [0.1, 0.15) is 0 Å². The Morgan fingerprint density at radius 1 is 0.676 bits per heavy atom. The predicted molar refractivity (Wildman–Crippen MR) is 146 cm³/mol. The number of rotatable bonds is 11. The molecule has 0 aliphatic heterocycles. The third kappa shape index (κ3) is 5.75. The maximum atomic E-state index is 6.64. The largest absolute Gasteiger partial charge is 0.490 e. The van der Waals surface area contributed by atoms with Gasteiger partial charge >= 0.3 is 0 Å². The van der Waals surface area contributed by atoms with Crippen LogP contribution in [-0.4, -0.2) is 13.2 Å². The van der Waals surface area contributed by atoms with E-state index in [9.17, 15) is 0 Å². The molecule has 0 spiro atoms. The van der Waals surface area contributed by atoms with E-state index in [1.165, 1.54) is 0 Å². The number of hydrogen-bond acceptors (Lipinski definition) is 2. The van der Waals surface area contributed by atoms with Gasteiger partial charge in [0.2, 0.25) is 0 Å². The lowest BCUT2D eigenvalue weighted by atomic mass is 9.71. The standard InChI is InChI=1S/C28H26Cl4O2/c1-4-6-13-33-26-22(29)15-20(16-23(26)30)28(3,19-11-9-8-10-12-19)21-17-24(31)27(25(32)18-21)34-14-7-5-2/h4-5,8-12,15-18H,1-2,6-7,13-14H2,3H3. The summed E-state index contributed by atoms with van der Waals surface area (Å²) < 4.78 is 11.6. The first-order valence-corrected chi connectivity index (χ1v) is 12.4. The summed E-state index contributed by atoms with van der Waals surface area (Å²) in [6.45, 7) is 10.4. The van der Waals surface area contributed by atoms with E-state index in [0.29, 0.717) is 57.6 Å². The van der Waals surface area contributed by atoms with Crippen LogP contribution < -0.4 is 9.47 Å². The third-order valence-corrected chi connectivity index (χ3v) is 6.76. The van der Waals surface area contributed by atoms with E-state index in [0.717, 1.165) is 16.7 Å². The van der Waals surface area contributed by atoms with E-state index < -0.39 is 5.41 Å². The maximum absolute atomic E-state index is 6.64. The van der Waals surface area contributed by atoms with Gasteiger partial charge in [-0.05, 0) is 60.7 Å². The van der Waals surface area contributed by atoms with Crippen molar-refractivity contribution in [1.29, 1.82) is 0 Å². The summed E-state index contributed by atoms with van der Waals surface area (Å²) in [7, 11) is 0. The number of hydrogen-bond donors (Lipinski definition) is 0. The fourth-order valence-corrected chi connectivity index (χ4v) is 4.93. The second-order valence-corrected chi connectivity index (χ2v) is 9.51. The van der Waals surface area contributed by atoms with Crippen LogP contribution in [0.1, 0.15) is 36.5 Å². The average molecular weight is 536 g/mol. The summed E-state index contributed by atoms with van der Waals surface area (Å²) in [5.41, 5.74) is 2.10. The van der Waals surface area contributed by atoms with E-state index in [4.69, 9.17) is 55.9 Å². The minimum Gasteiger partial charge on any atom is -0.490 e. The Morgan fingerprint density at radius 2 is 1.06 bits per heavy atom. The molecule has 0 aliphatic rings. The van der Waals surface area contributed by atoms with Gasteiger partial charge < -0.3 is 9.47 Å². The van der Waals surface area contributed by atoms with Gasteiger partial charge in [-0.25, -0.2) is 0 Å². The molecule has 0 atom stereocenters. The average Bonchev–Trinajstić information content (AvgIpc) is 2.82. The van der Waals surface area contributed by atoms with Crippen LogP contribution in [0.15, 0.2) is 79.9 Å². The zero-order valence-electron chi connectivity index (χ0n) is 18.9. The summed E-state index contributed by atoms with van der Waals surface area (Å²) in [5.74, 6) is 0.901. The molecule has 2 nitrogen and oxygen atoms in total. The van der Waals surface area contributed by atoms with Crippen LogP contribution in [0.4, 0.5) is 0 Å². The lowest BCUT2D eigenvalue weighted by Gasteiger charge is -2.33. The van der Waals surface area contributed by atoms with Crippen molar-refractivity contribution in [3.05, 3.63) is 117 Å². The fraction of sp³-hybridized carbons (Fsp3) is 0.214. The van der Waals surface area contributed by atoms with Gasteiger partial charge in [0.05, 0.1) is 33.3 Å². The van der Waals surface area contributed by atoms with Crippen LogP contribution in [0, 0.1) is 0 Å². The number of benzene rings is 3. The van der Waals surface area contributed by atoms with Crippen molar-refractivity contribution >= 4 is 46.4 Å². The normalized spacial score (nSPS) is 11.2. The molecule has 0 aromatic heterocycles. The topological polar surface area (TPSA) is 18.5 Å². The highest BCUT2D eigenvalue weighted by Crippen LogP contribution is 2.47. The highest BCUT2D eigenvalue weighted by molar-refractivity contribution is 6.38. The summed E-state index contributed by atoms with van der Waals surface area (Å²) in [5, 5.41) is 1.70. The van der Waals surface area contributed by atoms with Crippen LogP contribution >= 0.6 is 46.4 Å². The lowest BCUT2D eigenvalue weighted by molar-refractivity contribution is 0.325. The monoisotopic (exact) mass is 534 g/mol. The van der Waals surface area contributed by atoms with Crippen molar-refractivity contribution in [2.45, 2.75) is 25.2 Å². The summed E-state index contributed by atoms with van der Waals surface area (Å²) >= 11 is 26.6. The minimum absolute atomic E-state index is 0.426. The molecular formula is C28H26Cl4O2. The predicted octanol–water partition coefficient (Wildman–Crippen LogP) is 9.56. The summed E-state index contributed by atoms with van der Waals surface area (Å²) in [4.78, 5) is 0. The highest BCUT2D eigenvalue weighted by Gasteiger charge is 2.34. The Morgan fingerprint density at radius 3 is 1.41 bits per heavy atom. The van der Waals surface area contributed by atoms with Gasteiger partial charge in [-0.3, -0.25) is 0 Å². The van der Waals surface area contributed by atoms with E-state index in [1.807, 2.05) is 54.6 Å². The number of halogens is 4. The van der Waals surface area contributed by atoms with E-state index in [-0.39, 0.29) is 0 Å². The lowest BCUT2D eigenvalue weighted by Crippen LogP contribution is -2.25. The Labute approximate surface area is 221 Å². The van der Waals surface area contributed by atoms with Crippen molar-refractivity contribution in [3.63, 3.8) is 0 Å². The van der Waals surface area contributed by atoms with E-state index in [2.05, 4.69) is 20.1 Å². The molecule has 3 aromatic rings. The first-order chi connectivity index (χ1) is 16.3. The van der Waals surface area contributed by atoms with Crippen molar-refractivity contribution in [1.82, 2.24) is 0 Å². The third-order valence-electron chi connectivity index (χ3n) is 5.64. The molecule has 0 radical (unpaired) electrons. The van der Waals surface area contributed by atoms with Crippen molar-refractivity contribution in [3.8, 4) is 11.5 Å². The van der Waals surface area contributed by atoms with E-state index >= 15 is 0 Å². The summed E-state index contributed by atoms with van der Waals surface area (Å²) in [6.07, 6.45) is 4.94. The van der Waals surface area contributed by atoms with Crippen LogP contribution in [0.3, 0.4) is 0 Å². The number of ether oxygens (including phenoxy) is 2. The van der Waals surface area contributed by atoms with Crippen LogP contribution in [-0.2, 0) is 5.41 Å². The van der Waals surface area contributed by atoms with Gasteiger partial charge in [0, 0.05) is 5.41 Å². The molecule has 3 rings (SSSR count). The van der Waals surface area contributed by atoms with Crippen LogP contribution in [0.5, 0.6) is 11.5 Å². The second kappa shape index (κ2) is 12.0. The Bertz CT molecular complexity index is 1040. The molecule has 0 saturated heterocycles. The molecule has 0 saturated carbocycles. The maximum Gasteiger partial charge on any atom is 0.156 e.